The lowest BCUT2D eigenvalue weighted by Gasteiger charge is -2.26. The Hall–Kier alpha value is -1.04. The van der Waals surface area contributed by atoms with E-state index in [9.17, 15) is 23.1 Å². The van der Waals surface area contributed by atoms with Crippen LogP contribution in [0.2, 0.25) is 0 Å². The topological polar surface area (TPSA) is 40.5 Å². The first kappa shape index (κ1) is 13.4. The van der Waals surface area contributed by atoms with Crippen LogP contribution in [0.1, 0.15) is 25.7 Å². The summed E-state index contributed by atoms with van der Waals surface area (Å²) in [6, 6.07) is 0. The molecule has 18 heavy (non-hydrogen) atoms. The Morgan fingerprint density at radius 3 is 2.72 bits per heavy atom. The van der Waals surface area contributed by atoms with E-state index >= 15 is 0 Å². The van der Waals surface area contributed by atoms with Gasteiger partial charge in [0.05, 0.1) is 6.54 Å². The average Bonchev–Trinajstić information content (AvgIpc) is 2.86. The van der Waals surface area contributed by atoms with Crippen LogP contribution in [0.25, 0.3) is 0 Å². The molecule has 0 spiro atoms. The molecule has 2 rings (SSSR count). The molecule has 1 aliphatic carbocycles. The molecule has 1 amide bonds. The first-order valence-corrected chi connectivity index (χ1v) is 6.05. The molecule has 102 valence electrons. The molecule has 0 aromatic heterocycles. The van der Waals surface area contributed by atoms with Gasteiger partial charge in [-0.2, -0.15) is 13.2 Å². The number of nitrogens with zero attached hydrogens (tertiary/aromatic N) is 1. The maximum atomic E-state index is 12.6. The van der Waals surface area contributed by atoms with Crippen molar-refractivity contribution in [3.05, 3.63) is 12.2 Å². The van der Waals surface area contributed by atoms with Crippen LogP contribution < -0.4 is 0 Å². The summed E-state index contributed by atoms with van der Waals surface area (Å²) in [5.41, 5.74) is -2.73. The number of rotatable bonds is 2. The van der Waals surface area contributed by atoms with E-state index in [0.717, 1.165) is 17.7 Å². The molecule has 2 unspecified atom stereocenters. The van der Waals surface area contributed by atoms with Crippen LogP contribution in [-0.4, -0.2) is 40.8 Å². The zero-order valence-corrected chi connectivity index (χ0v) is 9.91. The van der Waals surface area contributed by atoms with Crippen LogP contribution in [0.5, 0.6) is 0 Å². The van der Waals surface area contributed by atoms with Gasteiger partial charge in [0.25, 0.3) is 0 Å². The molecule has 1 saturated heterocycles. The maximum Gasteiger partial charge on any atom is 0.419 e. The van der Waals surface area contributed by atoms with Gasteiger partial charge in [0, 0.05) is 19.4 Å². The van der Waals surface area contributed by atoms with Gasteiger partial charge in [0.15, 0.2) is 5.60 Å². The lowest BCUT2D eigenvalue weighted by molar-refractivity contribution is -0.253. The van der Waals surface area contributed by atoms with Crippen LogP contribution in [0.3, 0.4) is 0 Å². The Labute approximate surface area is 103 Å². The molecule has 1 heterocycles. The first-order chi connectivity index (χ1) is 8.32. The Balaban J connectivity index is 1.92. The summed E-state index contributed by atoms with van der Waals surface area (Å²) in [5.74, 6) is -0.163. The van der Waals surface area contributed by atoms with Crippen LogP contribution >= 0.6 is 0 Å². The fraction of sp³-hybridized carbons (Fsp3) is 0.750. The first-order valence-electron chi connectivity index (χ1n) is 6.05. The molecule has 0 bridgehead atoms. The minimum atomic E-state index is -4.67. The standard InChI is InChI=1S/C12H16F3NO2/c13-12(14,15)11(18)5-6-16(8-11)10(17)7-9-3-1-2-4-9/h1,3,9,18H,2,4-8H2. The lowest BCUT2D eigenvalue weighted by Crippen LogP contribution is -2.48. The molecule has 2 atom stereocenters. The molecule has 0 aromatic rings. The summed E-state index contributed by atoms with van der Waals surface area (Å²) >= 11 is 0. The van der Waals surface area contributed by atoms with Gasteiger partial charge in [-0.3, -0.25) is 4.79 Å². The molecular formula is C12H16F3NO2. The number of amides is 1. The van der Waals surface area contributed by atoms with Crippen molar-refractivity contribution in [1.29, 1.82) is 0 Å². The molecule has 1 N–H and O–H groups in total. The summed E-state index contributed by atoms with van der Waals surface area (Å²) < 4.78 is 37.8. The predicted octanol–water partition coefficient (Wildman–Crippen LogP) is 1.87. The van der Waals surface area contributed by atoms with Gasteiger partial charge in [-0.15, -0.1) is 0 Å². The number of halogens is 3. The highest BCUT2D eigenvalue weighted by Crippen LogP contribution is 2.38. The Kier molecular flexibility index (Phi) is 3.40. The van der Waals surface area contributed by atoms with Gasteiger partial charge in [0.1, 0.15) is 0 Å². The van der Waals surface area contributed by atoms with Crippen molar-refractivity contribution in [1.82, 2.24) is 4.90 Å². The number of carbonyl (C=O) groups excluding carboxylic acids is 1. The SMILES string of the molecule is O=C(CC1C=CCC1)N1CCC(O)(C(F)(F)F)C1. The molecule has 0 radical (unpaired) electrons. The second-order valence-electron chi connectivity index (χ2n) is 5.06. The highest BCUT2D eigenvalue weighted by Gasteiger charge is 2.57. The van der Waals surface area contributed by atoms with Crippen molar-refractivity contribution < 1.29 is 23.1 Å². The van der Waals surface area contributed by atoms with E-state index in [2.05, 4.69) is 0 Å². The number of likely N-dealkylation sites (tertiary alicyclic amines) is 1. The number of hydrogen-bond donors (Lipinski definition) is 1. The number of aliphatic hydroxyl groups is 1. The highest BCUT2D eigenvalue weighted by molar-refractivity contribution is 5.77. The molecule has 1 fully saturated rings. The summed E-state index contributed by atoms with van der Waals surface area (Å²) in [6.07, 6.45) is 0.855. The number of allylic oxidation sites excluding steroid dienone is 2. The van der Waals surface area contributed by atoms with Gasteiger partial charge < -0.3 is 10.0 Å². The van der Waals surface area contributed by atoms with Crippen molar-refractivity contribution >= 4 is 5.91 Å². The van der Waals surface area contributed by atoms with Crippen molar-refractivity contribution in [3.63, 3.8) is 0 Å². The van der Waals surface area contributed by atoms with E-state index in [1.807, 2.05) is 12.2 Å². The Bertz CT molecular complexity index is 367. The van der Waals surface area contributed by atoms with Gasteiger partial charge in [-0.25, -0.2) is 0 Å². The highest BCUT2D eigenvalue weighted by atomic mass is 19.4. The third-order valence-electron chi connectivity index (χ3n) is 3.68. The lowest BCUT2D eigenvalue weighted by atomic mass is 10.0. The fourth-order valence-electron chi connectivity index (χ4n) is 2.46. The van der Waals surface area contributed by atoms with E-state index < -0.39 is 24.7 Å². The van der Waals surface area contributed by atoms with Gasteiger partial charge >= 0.3 is 6.18 Å². The van der Waals surface area contributed by atoms with Gasteiger partial charge in [0.2, 0.25) is 5.91 Å². The van der Waals surface area contributed by atoms with E-state index in [1.54, 1.807) is 0 Å². The quantitative estimate of drug-likeness (QED) is 0.773. The summed E-state index contributed by atoms with van der Waals surface area (Å²) in [6.45, 7) is -0.656. The summed E-state index contributed by atoms with van der Waals surface area (Å²) in [7, 11) is 0. The van der Waals surface area contributed by atoms with Gasteiger partial charge in [-0.1, -0.05) is 12.2 Å². The predicted molar refractivity (Wildman–Crippen MR) is 58.7 cm³/mol. The van der Waals surface area contributed by atoms with Gasteiger partial charge in [-0.05, 0) is 18.8 Å². The zero-order chi connectivity index (χ0) is 13.4. The molecule has 2 aliphatic rings. The number of hydrogen-bond acceptors (Lipinski definition) is 2. The smallest absolute Gasteiger partial charge is 0.379 e. The summed E-state index contributed by atoms with van der Waals surface area (Å²) in [5, 5.41) is 9.48. The van der Waals surface area contributed by atoms with Crippen molar-refractivity contribution in [2.45, 2.75) is 37.5 Å². The average molecular weight is 263 g/mol. The van der Waals surface area contributed by atoms with Crippen molar-refractivity contribution in [2.75, 3.05) is 13.1 Å². The third-order valence-corrected chi connectivity index (χ3v) is 3.68. The molecule has 1 aliphatic heterocycles. The Morgan fingerprint density at radius 2 is 2.22 bits per heavy atom. The molecule has 0 aromatic carbocycles. The monoisotopic (exact) mass is 263 g/mol. The zero-order valence-electron chi connectivity index (χ0n) is 9.91. The fourth-order valence-corrected chi connectivity index (χ4v) is 2.46. The van der Waals surface area contributed by atoms with Crippen LogP contribution in [0, 0.1) is 5.92 Å². The number of β-amino-alcohol motifs (C(OH)–C–C–N with tert-alkyl or cyclic N) is 1. The largest absolute Gasteiger partial charge is 0.419 e. The minimum absolute atomic E-state index is 0.0225. The molecular weight excluding hydrogens is 247 g/mol. The van der Waals surface area contributed by atoms with E-state index in [0.29, 0.717) is 0 Å². The number of carbonyl (C=O) groups is 1. The molecule has 0 saturated carbocycles. The second kappa shape index (κ2) is 4.57. The minimum Gasteiger partial charge on any atom is -0.379 e. The summed E-state index contributed by atoms with van der Waals surface area (Å²) in [4.78, 5) is 13.0. The molecule has 6 heteroatoms. The van der Waals surface area contributed by atoms with Crippen molar-refractivity contribution in [3.8, 4) is 0 Å². The van der Waals surface area contributed by atoms with Crippen molar-refractivity contribution in [2.24, 2.45) is 5.92 Å². The van der Waals surface area contributed by atoms with Crippen LogP contribution in [-0.2, 0) is 4.79 Å². The Morgan fingerprint density at radius 1 is 1.50 bits per heavy atom. The van der Waals surface area contributed by atoms with Crippen LogP contribution in [0.15, 0.2) is 12.2 Å². The normalized spacial score (nSPS) is 32.2. The second-order valence-corrected chi connectivity index (χ2v) is 5.06. The third kappa shape index (κ3) is 2.53. The van der Waals surface area contributed by atoms with E-state index in [4.69, 9.17) is 0 Å². The maximum absolute atomic E-state index is 12.6. The number of alkyl halides is 3. The van der Waals surface area contributed by atoms with E-state index in [1.165, 1.54) is 0 Å². The van der Waals surface area contributed by atoms with E-state index in [-0.39, 0.29) is 24.8 Å². The van der Waals surface area contributed by atoms with Crippen LogP contribution in [0.4, 0.5) is 13.2 Å². The molecule has 3 nitrogen and oxygen atoms in total.